The van der Waals surface area contributed by atoms with Crippen molar-refractivity contribution in [2.75, 3.05) is 0 Å². The van der Waals surface area contributed by atoms with Crippen molar-refractivity contribution in [3.63, 3.8) is 0 Å². The Balaban J connectivity index is 2.17. The molecule has 0 bridgehead atoms. The second kappa shape index (κ2) is 4.07. The van der Waals surface area contributed by atoms with Crippen LogP contribution in [0.15, 0.2) is 49.2 Å². The number of carbonyl (C=O) groups excluding carboxylic acids is 1. The van der Waals surface area contributed by atoms with Crippen molar-refractivity contribution in [3.8, 4) is 0 Å². The number of aryl methyl sites for hydroxylation is 1. The minimum Gasteiger partial charge on any atom is -0.340 e. The van der Waals surface area contributed by atoms with Gasteiger partial charge in [0.25, 0.3) is 0 Å². The van der Waals surface area contributed by atoms with Crippen LogP contribution in [0.4, 0.5) is 0 Å². The van der Waals surface area contributed by atoms with E-state index in [0.717, 1.165) is 10.8 Å². The zero-order chi connectivity index (χ0) is 12.5. The maximum Gasteiger partial charge on any atom is 0.213 e. The lowest BCUT2D eigenvalue weighted by atomic mass is 10.0. The number of rotatable bonds is 2. The molecule has 0 fully saturated rings. The van der Waals surface area contributed by atoms with E-state index in [9.17, 15) is 4.79 Å². The Bertz CT molecular complexity index is 725. The van der Waals surface area contributed by atoms with Gasteiger partial charge in [-0.3, -0.25) is 9.78 Å². The first kappa shape index (κ1) is 10.7. The molecule has 3 rings (SSSR count). The summed E-state index contributed by atoms with van der Waals surface area (Å²) in [5.74, 6) is -0.0748. The van der Waals surface area contributed by atoms with E-state index >= 15 is 0 Å². The topological polar surface area (TPSA) is 47.8 Å². The molecule has 0 saturated carbocycles. The highest BCUT2D eigenvalue weighted by atomic mass is 16.1. The van der Waals surface area contributed by atoms with Gasteiger partial charge in [0, 0.05) is 36.6 Å². The van der Waals surface area contributed by atoms with E-state index in [1.165, 1.54) is 0 Å². The van der Waals surface area contributed by atoms with Gasteiger partial charge in [-0.25, -0.2) is 4.98 Å². The zero-order valence-electron chi connectivity index (χ0n) is 9.87. The molecule has 4 nitrogen and oxygen atoms in total. The fourth-order valence-electron chi connectivity index (χ4n) is 1.98. The van der Waals surface area contributed by atoms with E-state index in [0.29, 0.717) is 11.3 Å². The monoisotopic (exact) mass is 237 g/mol. The lowest BCUT2D eigenvalue weighted by Gasteiger charge is -2.03. The Morgan fingerprint density at radius 1 is 1.28 bits per heavy atom. The second-order valence-corrected chi connectivity index (χ2v) is 4.16. The molecule has 3 aromatic rings. The highest BCUT2D eigenvalue weighted by molar-refractivity contribution is 6.15. The molecular formula is C14H11N3O. The predicted octanol–water partition coefficient (Wildman–Crippen LogP) is 2.20. The van der Waals surface area contributed by atoms with Gasteiger partial charge in [0.2, 0.25) is 5.78 Å². The molecule has 0 spiro atoms. The third kappa shape index (κ3) is 1.68. The molecule has 4 heteroatoms. The number of ketones is 1. The van der Waals surface area contributed by atoms with E-state index < -0.39 is 0 Å². The van der Waals surface area contributed by atoms with Crippen LogP contribution in [-0.2, 0) is 7.05 Å². The first-order valence-corrected chi connectivity index (χ1v) is 5.61. The molecule has 0 radical (unpaired) electrons. The van der Waals surface area contributed by atoms with Crippen molar-refractivity contribution in [1.82, 2.24) is 14.5 Å². The fourth-order valence-corrected chi connectivity index (χ4v) is 1.98. The van der Waals surface area contributed by atoms with Crippen LogP contribution in [0.25, 0.3) is 10.8 Å². The number of imidazole rings is 1. The van der Waals surface area contributed by atoms with Gasteiger partial charge in [-0.15, -0.1) is 0 Å². The third-order valence-electron chi connectivity index (χ3n) is 2.87. The van der Waals surface area contributed by atoms with E-state index in [-0.39, 0.29) is 5.78 Å². The molecule has 2 heterocycles. The third-order valence-corrected chi connectivity index (χ3v) is 2.87. The minimum atomic E-state index is -0.0748. The summed E-state index contributed by atoms with van der Waals surface area (Å²) in [6.45, 7) is 0. The van der Waals surface area contributed by atoms with Gasteiger partial charge in [0.15, 0.2) is 0 Å². The van der Waals surface area contributed by atoms with E-state index in [1.807, 2.05) is 25.2 Å². The molecule has 2 aromatic heterocycles. The number of aromatic nitrogens is 3. The molecule has 0 aliphatic carbocycles. The average Bonchev–Trinajstić information content (AvgIpc) is 2.84. The first-order chi connectivity index (χ1) is 8.75. The summed E-state index contributed by atoms with van der Waals surface area (Å²) in [5, 5.41) is 1.86. The summed E-state index contributed by atoms with van der Waals surface area (Å²) in [7, 11) is 1.84. The van der Waals surface area contributed by atoms with Crippen LogP contribution in [0.2, 0.25) is 0 Å². The summed E-state index contributed by atoms with van der Waals surface area (Å²) in [5.41, 5.74) is 1.09. The van der Waals surface area contributed by atoms with Gasteiger partial charge in [-0.1, -0.05) is 18.2 Å². The van der Waals surface area contributed by atoms with Crippen LogP contribution >= 0.6 is 0 Å². The fraction of sp³-hybridized carbons (Fsp3) is 0.0714. The molecular weight excluding hydrogens is 226 g/mol. The highest BCUT2D eigenvalue weighted by Crippen LogP contribution is 2.19. The molecule has 0 N–H and O–H groups in total. The molecule has 1 aromatic carbocycles. The minimum absolute atomic E-state index is 0.0748. The maximum atomic E-state index is 12.4. The molecule has 0 unspecified atom stereocenters. The Morgan fingerprint density at radius 2 is 2.17 bits per heavy atom. The van der Waals surface area contributed by atoms with Crippen LogP contribution in [0.1, 0.15) is 16.1 Å². The summed E-state index contributed by atoms with van der Waals surface area (Å²) in [6, 6.07) is 7.54. The van der Waals surface area contributed by atoms with Crippen LogP contribution in [0.3, 0.4) is 0 Å². The smallest absolute Gasteiger partial charge is 0.213 e. The number of pyridine rings is 1. The summed E-state index contributed by atoms with van der Waals surface area (Å²) in [4.78, 5) is 20.5. The Morgan fingerprint density at radius 3 is 2.94 bits per heavy atom. The van der Waals surface area contributed by atoms with Crippen LogP contribution < -0.4 is 0 Å². The molecule has 88 valence electrons. The van der Waals surface area contributed by atoms with Gasteiger partial charge >= 0.3 is 0 Å². The molecule has 18 heavy (non-hydrogen) atoms. The number of hydrogen-bond donors (Lipinski definition) is 0. The van der Waals surface area contributed by atoms with Crippen molar-refractivity contribution in [2.45, 2.75) is 0 Å². The van der Waals surface area contributed by atoms with Crippen LogP contribution in [-0.4, -0.2) is 20.3 Å². The summed E-state index contributed by atoms with van der Waals surface area (Å²) >= 11 is 0. The first-order valence-electron chi connectivity index (χ1n) is 5.61. The van der Waals surface area contributed by atoms with Crippen molar-refractivity contribution in [1.29, 1.82) is 0 Å². The normalized spacial score (nSPS) is 10.7. The summed E-state index contributed by atoms with van der Waals surface area (Å²) in [6.07, 6.45) is 6.77. The number of benzene rings is 1. The Labute approximate surface area is 104 Å². The number of fused-ring (bicyclic) bond motifs is 1. The molecule has 0 aliphatic heterocycles. The van der Waals surface area contributed by atoms with Gasteiger partial charge in [0.1, 0.15) is 5.69 Å². The number of hydrogen-bond acceptors (Lipinski definition) is 3. The maximum absolute atomic E-state index is 12.4. The van der Waals surface area contributed by atoms with E-state index in [4.69, 9.17) is 0 Å². The van der Waals surface area contributed by atoms with E-state index in [2.05, 4.69) is 9.97 Å². The Hall–Kier alpha value is -2.49. The lowest BCUT2D eigenvalue weighted by molar-refractivity contribution is 0.103. The van der Waals surface area contributed by atoms with Crippen molar-refractivity contribution < 1.29 is 4.79 Å². The Kier molecular flexibility index (Phi) is 2.41. The lowest BCUT2D eigenvalue weighted by Crippen LogP contribution is -2.02. The van der Waals surface area contributed by atoms with Crippen molar-refractivity contribution in [3.05, 3.63) is 60.4 Å². The number of nitrogens with zero attached hydrogens (tertiary/aromatic N) is 3. The van der Waals surface area contributed by atoms with Crippen molar-refractivity contribution >= 4 is 16.6 Å². The van der Waals surface area contributed by atoms with E-state index in [1.54, 1.807) is 35.6 Å². The van der Waals surface area contributed by atoms with Gasteiger partial charge in [-0.2, -0.15) is 0 Å². The zero-order valence-corrected chi connectivity index (χ0v) is 9.87. The largest absolute Gasteiger partial charge is 0.340 e. The predicted molar refractivity (Wildman–Crippen MR) is 68.4 cm³/mol. The average molecular weight is 237 g/mol. The molecule has 0 saturated heterocycles. The van der Waals surface area contributed by atoms with Crippen molar-refractivity contribution in [2.24, 2.45) is 7.05 Å². The second-order valence-electron chi connectivity index (χ2n) is 4.16. The van der Waals surface area contributed by atoms with Gasteiger partial charge in [0.05, 0.1) is 6.33 Å². The SMILES string of the molecule is Cn1cnc(C(=O)c2cccc3ccncc23)c1. The highest BCUT2D eigenvalue weighted by Gasteiger charge is 2.14. The number of carbonyl (C=O) groups is 1. The quantitative estimate of drug-likeness (QED) is 0.642. The molecule has 0 aliphatic rings. The molecule has 0 amide bonds. The van der Waals surface area contributed by atoms with Crippen LogP contribution in [0, 0.1) is 0 Å². The standard InChI is InChI=1S/C14H11N3O/c1-17-8-13(16-9-17)14(18)11-4-2-3-10-5-6-15-7-12(10)11/h2-9H,1H3. The van der Waals surface area contributed by atoms with Gasteiger partial charge in [-0.05, 0) is 11.5 Å². The summed E-state index contributed by atoms with van der Waals surface area (Å²) < 4.78 is 1.76. The van der Waals surface area contributed by atoms with Crippen LogP contribution in [0.5, 0.6) is 0 Å². The van der Waals surface area contributed by atoms with Gasteiger partial charge < -0.3 is 4.57 Å². The molecule has 0 atom stereocenters.